The smallest absolute Gasteiger partial charge is 0.239 e. The zero-order chi connectivity index (χ0) is 18.6. The lowest BCUT2D eigenvalue weighted by Gasteiger charge is -2.24. The monoisotopic (exact) mass is 370 g/mol. The number of sulfonamides is 1. The van der Waals surface area contributed by atoms with Crippen LogP contribution in [0.1, 0.15) is 16.7 Å². The van der Waals surface area contributed by atoms with Crippen LogP contribution in [-0.4, -0.2) is 13.4 Å². The molecule has 0 fully saturated rings. The molecule has 0 aliphatic carbocycles. The number of halogens is 1. The second-order valence-corrected chi connectivity index (χ2v) is 7.98. The largest absolute Gasteiger partial charge is 0.265 e. The average Bonchev–Trinajstić information content (AvgIpc) is 2.63. The van der Waals surface area contributed by atoms with Gasteiger partial charge in [0.15, 0.2) is 0 Å². The van der Waals surface area contributed by atoms with Gasteiger partial charge < -0.3 is 0 Å². The molecule has 0 amide bonds. The topological polar surface area (TPSA) is 50.3 Å². The third-order valence-corrected chi connectivity index (χ3v) is 5.68. The molecule has 0 atom stereocenters. The van der Waals surface area contributed by atoms with E-state index in [0.29, 0.717) is 11.3 Å². The quantitative estimate of drug-likeness (QED) is 0.657. The highest BCUT2D eigenvalue weighted by molar-refractivity contribution is 7.92. The van der Waals surface area contributed by atoms with E-state index in [4.69, 9.17) is 0 Å². The van der Waals surface area contributed by atoms with E-state index in [1.807, 2.05) is 25.1 Å². The van der Waals surface area contributed by atoms with Gasteiger partial charge in [-0.1, -0.05) is 35.9 Å². The van der Waals surface area contributed by atoms with Gasteiger partial charge in [0.1, 0.15) is 5.82 Å². The van der Waals surface area contributed by atoms with Crippen LogP contribution in [0.25, 0.3) is 0 Å². The average molecular weight is 370 g/mol. The Labute approximate surface area is 153 Å². The zero-order valence-electron chi connectivity index (χ0n) is 14.3. The van der Waals surface area contributed by atoms with Crippen LogP contribution in [0.15, 0.2) is 73.1 Å². The summed E-state index contributed by atoms with van der Waals surface area (Å²) in [4.78, 5) is 4.04. The summed E-state index contributed by atoms with van der Waals surface area (Å²) >= 11 is 0. The minimum atomic E-state index is -3.67. The Morgan fingerprint density at radius 2 is 1.65 bits per heavy atom. The second kappa shape index (κ2) is 7.66. The van der Waals surface area contributed by atoms with Gasteiger partial charge >= 0.3 is 0 Å². The van der Waals surface area contributed by atoms with Crippen molar-refractivity contribution in [2.24, 2.45) is 0 Å². The number of nitrogens with zero attached hydrogens (tertiary/aromatic N) is 2. The van der Waals surface area contributed by atoms with E-state index in [1.54, 1.807) is 30.6 Å². The van der Waals surface area contributed by atoms with Gasteiger partial charge in [-0.05, 0) is 48.4 Å². The highest BCUT2D eigenvalue weighted by Crippen LogP contribution is 2.24. The fourth-order valence-electron chi connectivity index (χ4n) is 2.59. The van der Waals surface area contributed by atoms with Crippen molar-refractivity contribution < 1.29 is 12.8 Å². The van der Waals surface area contributed by atoms with Gasteiger partial charge in [0, 0.05) is 12.4 Å². The molecule has 4 nitrogen and oxygen atoms in total. The lowest BCUT2D eigenvalue weighted by Crippen LogP contribution is -2.31. The van der Waals surface area contributed by atoms with Crippen LogP contribution in [0.2, 0.25) is 0 Å². The summed E-state index contributed by atoms with van der Waals surface area (Å²) in [6.07, 6.45) is 3.25. The van der Waals surface area contributed by atoms with Gasteiger partial charge in [-0.3, -0.25) is 9.29 Å². The summed E-state index contributed by atoms with van der Waals surface area (Å²) in [7, 11) is -3.67. The molecule has 0 aliphatic rings. The molecule has 6 heteroatoms. The Morgan fingerprint density at radius 1 is 0.962 bits per heavy atom. The van der Waals surface area contributed by atoms with Gasteiger partial charge in [-0.25, -0.2) is 12.8 Å². The molecule has 0 unspecified atom stereocenters. The molecular weight excluding hydrogens is 351 g/mol. The molecular formula is C20H19FN2O2S. The van der Waals surface area contributed by atoms with E-state index in [-0.39, 0.29) is 12.3 Å². The molecule has 1 heterocycles. The predicted octanol–water partition coefficient (Wildman–Crippen LogP) is 4.07. The Balaban J connectivity index is 1.95. The number of rotatable bonds is 6. The van der Waals surface area contributed by atoms with Crippen LogP contribution >= 0.6 is 0 Å². The van der Waals surface area contributed by atoms with Crippen LogP contribution in [0.4, 0.5) is 10.1 Å². The van der Waals surface area contributed by atoms with E-state index in [0.717, 1.165) is 11.1 Å². The summed E-state index contributed by atoms with van der Waals surface area (Å²) in [5.74, 6) is -0.545. The normalized spacial score (nSPS) is 11.3. The lowest BCUT2D eigenvalue weighted by atomic mass is 10.2. The molecule has 3 aromatic rings. The summed E-state index contributed by atoms with van der Waals surface area (Å²) in [6.45, 7) is 2.08. The minimum absolute atomic E-state index is 0.133. The fraction of sp³-hybridized carbons (Fsp3) is 0.150. The van der Waals surface area contributed by atoms with Crippen molar-refractivity contribution >= 4 is 15.7 Å². The van der Waals surface area contributed by atoms with E-state index < -0.39 is 15.8 Å². The third-order valence-electron chi connectivity index (χ3n) is 3.97. The second-order valence-electron chi connectivity index (χ2n) is 6.09. The molecule has 0 radical (unpaired) electrons. The molecule has 0 saturated carbocycles. The molecule has 26 heavy (non-hydrogen) atoms. The molecule has 0 aliphatic heterocycles. The number of hydrogen-bond donors (Lipinski definition) is 0. The van der Waals surface area contributed by atoms with Crippen molar-refractivity contribution in [3.8, 4) is 0 Å². The lowest BCUT2D eigenvalue weighted by molar-refractivity contribution is 0.589. The first-order valence-electron chi connectivity index (χ1n) is 8.14. The summed E-state index contributed by atoms with van der Waals surface area (Å²) in [5, 5.41) is 0. The van der Waals surface area contributed by atoms with Crippen molar-refractivity contribution in [1.29, 1.82) is 0 Å². The van der Waals surface area contributed by atoms with Crippen molar-refractivity contribution in [3.05, 3.63) is 95.6 Å². The van der Waals surface area contributed by atoms with E-state index in [9.17, 15) is 12.8 Å². The minimum Gasteiger partial charge on any atom is -0.265 e. The number of pyridine rings is 1. The Kier molecular flexibility index (Phi) is 5.32. The summed E-state index contributed by atoms with van der Waals surface area (Å²) < 4.78 is 40.7. The van der Waals surface area contributed by atoms with Crippen molar-refractivity contribution in [1.82, 2.24) is 4.98 Å². The maximum Gasteiger partial charge on any atom is 0.239 e. The fourth-order valence-corrected chi connectivity index (χ4v) is 4.15. The van der Waals surface area contributed by atoms with Gasteiger partial charge in [0.25, 0.3) is 0 Å². The van der Waals surface area contributed by atoms with Gasteiger partial charge in [0.05, 0.1) is 18.0 Å². The molecule has 0 spiro atoms. The van der Waals surface area contributed by atoms with Gasteiger partial charge in [-0.2, -0.15) is 0 Å². The molecule has 0 bridgehead atoms. The predicted molar refractivity (Wildman–Crippen MR) is 101 cm³/mol. The molecule has 0 N–H and O–H groups in total. The first kappa shape index (κ1) is 18.1. The van der Waals surface area contributed by atoms with Crippen LogP contribution in [0.3, 0.4) is 0 Å². The SMILES string of the molecule is Cc1ccc(CS(=O)(=O)N(Cc2cccnc2)c2ccc(F)cc2)cc1. The van der Waals surface area contributed by atoms with Crippen molar-refractivity contribution in [3.63, 3.8) is 0 Å². The Hall–Kier alpha value is -2.73. The molecule has 3 rings (SSSR count). The number of benzene rings is 2. The van der Waals surface area contributed by atoms with Crippen LogP contribution in [-0.2, 0) is 22.3 Å². The van der Waals surface area contributed by atoms with Crippen LogP contribution in [0, 0.1) is 12.7 Å². The first-order chi connectivity index (χ1) is 12.4. The van der Waals surface area contributed by atoms with Crippen molar-refractivity contribution in [2.75, 3.05) is 4.31 Å². The van der Waals surface area contributed by atoms with Gasteiger partial charge in [-0.15, -0.1) is 0 Å². The molecule has 2 aromatic carbocycles. The van der Waals surface area contributed by atoms with E-state index in [1.165, 1.54) is 28.6 Å². The molecule has 0 saturated heterocycles. The van der Waals surface area contributed by atoms with Gasteiger partial charge in [0.2, 0.25) is 10.0 Å². The summed E-state index contributed by atoms with van der Waals surface area (Å²) in [6, 6.07) is 16.4. The number of hydrogen-bond acceptors (Lipinski definition) is 3. The highest BCUT2D eigenvalue weighted by Gasteiger charge is 2.23. The standard InChI is InChI=1S/C20H19FN2O2S/c1-16-4-6-17(7-5-16)15-26(24,25)23(14-18-3-2-12-22-13-18)20-10-8-19(21)9-11-20/h2-13H,14-15H2,1H3. The summed E-state index contributed by atoms with van der Waals surface area (Å²) in [5.41, 5.74) is 2.94. The van der Waals surface area contributed by atoms with E-state index >= 15 is 0 Å². The maximum atomic E-state index is 13.3. The van der Waals surface area contributed by atoms with Crippen LogP contribution < -0.4 is 4.31 Å². The highest BCUT2D eigenvalue weighted by atomic mass is 32.2. The Bertz CT molecular complexity index is 957. The maximum absolute atomic E-state index is 13.3. The number of aryl methyl sites for hydroxylation is 1. The number of anilines is 1. The third kappa shape index (κ3) is 4.46. The number of aromatic nitrogens is 1. The molecule has 134 valence electrons. The first-order valence-corrected chi connectivity index (χ1v) is 9.75. The van der Waals surface area contributed by atoms with Crippen molar-refractivity contribution in [2.45, 2.75) is 19.2 Å². The van der Waals surface area contributed by atoms with E-state index in [2.05, 4.69) is 4.98 Å². The molecule has 1 aromatic heterocycles. The van der Waals surface area contributed by atoms with Crippen LogP contribution in [0.5, 0.6) is 0 Å². The zero-order valence-corrected chi connectivity index (χ0v) is 15.2. The Morgan fingerprint density at radius 3 is 2.27 bits per heavy atom.